The zero-order chi connectivity index (χ0) is 19.8. The number of rotatable bonds is 3. The molecule has 1 aromatic carbocycles. The Bertz CT molecular complexity index is 706. The van der Waals surface area contributed by atoms with Gasteiger partial charge < -0.3 is 14.4 Å². The first kappa shape index (κ1) is 19.4. The molecule has 28 heavy (non-hydrogen) atoms. The Labute approximate surface area is 162 Å². The number of esters is 1. The van der Waals surface area contributed by atoms with Crippen LogP contribution in [0.4, 0.5) is 18.9 Å². The standard InChI is InChI=1S/C20H25F3N2O3/c21-20(22,23)28-17-5-3-15(4-6-17)24-9-1-7-19(13-24)8-2-10-25(14-19)16-11-18(26)27-12-16/h3-6,16H,1-2,7-14H2. The second kappa shape index (κ2) is 7.46. The van der Waals surface area contributed by atoms with Crippen LogP contribution in [0, 0.1) is 5.41 Å². The molecule has 1 spiro atoms. The van der Waals surface area contributed by atoms with Gasteiger partial charge >= 0.3 is 12.3 Å². The number of alkyl halides is 3. The van der Waals surface area contributed by atoms with Crippen LogP contribution in [0.2, 0.25) is 0 Å². The summed E-state index contributed by atoms with van der Waals surface area (Å²) in [6.45, 7) is 4.20. The molecule has 3 aliphatic heterocycles. The summed E-state index contributed by atoms with van der Waals surface area (Å²) in [4.78, 5) is 16.1. The van der Waals surface area contributed by atoms with Crippen LogP contribution >= 0.6 is 0 Å². The average molecular weight is 398 g/mol. The highest BCUT2D eigenvalue weighted by Crippen LogP contribution is 2.41. The van der Waals surface area contributed by atoms with Crippen LogP contribution in [0.5, 0.6) is 5.75 Å². The highest BCUT2D eigenvalue weighted by atomic mass is 19.4. The molecule has 3 fully saturated rings. The van der Waals surface area contributed by atoms with Gasteiger partial charge in [0.25, 0.3) is 0 Å². The van der Waals surface area contributed by atoms with Gasteiger partial charge in [0.05, 0.1) is 12.5 Å². The van der Waals surface area contributed by atoms with Crippen LogP contribution in [-0.4, -0.2) is 56.1 Å². The van der Waals surface area contributed by atoms with Gasteiger partial charge in [-0.05, 0) is 56.5 Å². The summed E-state index contributed by atoms with van der Waals surface area (Å²) >= 11 is 0. The number of carbonyl (C=O) groups excluding carboxylic acids is 1. The zero-order valence-electron chi connectivity index (χ0n) is 15.7. The van der Waals surface area contributed by atoms with Crippen molar-refractivity contribution in [3.8, 4) is 5.75 Å². The highest BCUT2D eigenvalue weighted by molar-refractivity contribution is 5.72. The largest absolute Gasteiger partial charge is 0.573 e. The molecule has 8 heteroatoms. The van der Waals surface area contributed by atoms with E-state index in [1.807, 2.05) is 0 Å². The first-order valence-corrected chi connectivity index (χ1v) is 9.82. The third-order valence-electron chi connectivity index (χ3n) is 6.14. The number of cyclic esters (lactones) is 1. The van der Waals surface area contributed by atoms with Crippen molar-refractivity contribution >= 4 is 11.7 Å². The smallest absolute Gasteiger partial charge is 0.464 e. The molecule has 0 aromatic heterocycles. The monoisotopic (exact) mass is 398 g/mol. The second-order valence-corrected chi connectivity index (χ2v) is 8.18. The Morgan fingerprint density at radius 2 is 1.79 bits per heavy atom. The van der Waals surface area contributed by atoms with Gasteiger partial charge in [-0.1, -0.05) is 0 Å². The first-order chi connectivity index (χ1) is 13.3. The van der Waals surface area contributed by atoms with Crippen LogP contribution in [0.1, 0.15) is 32.1 Å². The Morgan fingerprint density at radius 1 is 1.07 bits per heavy atom. The molecule has 2 unspecified atom stereocenters. The summed E-state index contributed by atoms with van der Waals surface area (Å²) < 4.78 is 46.2. The molecule has 3 heterocycles. The number of benzene rings is 1. The van der Waals surface area contributed by atoms with Crippen LogP contribution in [-0.2, 0) is 9.53 Å². The van der Waals surface area contributed by atoms with Gasteiger partial charge in [0.15, 0.2) is 0 Å². The second-order valence-electron chi connectivity index (χ2n) is 8.18. The molecular weight excluding hydrogens is 373 g/mol. The van der Waals surface area contributed by atoms with Crippen molar-refractivity contribution in [2.24, 2.45) is 5.41 Å². The molecule has 0 aliphatic carbocycles. The predicted octanol–water partition coefficient (Wildman–Crippen LogP) is 3.58. The van der Waals surface area contributed by atoms with E-state index < -0.39 is 6.36 Å². The van der Waals surface area contributed by atoms with Gasteiger partial charge in [-0.15, -0.1) is 13.2 Å². The molecule has 3 aliphatic rings. The van der Waals surface area contributed by atoms with Gasteiger partial charge in [0, 0.05) is 30.7 Å². The quantitative estimate of drug-likeness (QED) is 0.728. The molecule has 0 radical (unpaired) electrons. The fourth-order valence-corrected chi connectivity index (χ4v) is 4.91. The summed E-state index contributed by atoms with van der Waals surface area (Å²) in [6.07, 6.45) is 0.216. The normalized spacial score (nSPS) is 29.2. The van der Waals surface area contributed by atoms with Crippen LogP contribution in [0.3, 0.4) is 0 Å². The van der Waals surface area contributed by atoms with Gasteiger partial charge in [-0.3, -0.25) is 9.69 Å². The minimum atomic E-state index is -4.67. The lowest BCUT2D eigenvalue weighted by Gasteiger charge is -2.50. The third kappa shape index (κ3) is 4.37. The lowest BCUT2D eigenvalue weighted by atomic mass is 9.73. The summed E-state index contributed by atoms with van der Waals surface area (Å²) in [5.41, 5.74) is 1.08. The van der Waals surface area contributed by atoms with Crippen molar-refractivity contribution in [1.29, 1.82) is 0 Å². The van der Waals surface area contributed by atoms with E-state index in [4.69, 9.17) is 4.74 Å². The van der Waals surface area contributed by atoms with E-state index in [9.17, 15) is 18.0 Å². The molecule has 0 N–H and O–H groups in total. The van der Waals surface area contributed by atoms with Crippen molar-refractivity contribution in [1.82, 2.24) is 4.90 Å². The van der Waals surface area contributed by atoms with E-state index in [2.05, 4.69) is 14.5 Å². The van der Waals surface area contributed by atoms with Gasteiger partial charge in [-0.25, -0.2) is 0 Å². The van der Waals surface area contributed by atoms with E-state index in [0.717, 1.165) is 57.5 Å². The van der Waals surface area contributed by atoms with E-state index in [0.29, 0.717) is 13.0 Å². The van der Waals surface area contributed by atoms with Crippen molar-refractivity contribution in [2.75, 3.05) is 37.7 Å². The van der Waals surface area contributed by atoms with Crippen LogP contribution < -0.4 is 9.64 Å². The van der Waals surface area contributed by atoms with Gasteiger partial charge in [-0.2, -0.15) is 0 Å². The molecule has 154 valence electrons. The first-order valence-electron chi connectivity index (χ1n) is 9.82. The fraction of sp³-hybridized carbons (Fsp3) is 0.650. The number of carbonyl (C=O) groups is 1. The molecule has 0 amide bonds. The van der Waals surface area contributed by atoms with E-state index in [1.54, 1.807) is 12.1 Å². The number of ether oxygens (including phenoxy) is 2. The summed E-state index contributed by atoms with van der Waals surface area (Å²) in [6, 6.07) is 6.32. The number of likely N-dealkylation sites (tertiary alicyclic amines) is 1. The zero-order valence-corrected chi connectivity index (χ0v) is 15.7. The van der Waals surface area contributed by atoms with Gasteiger partial charge in [0.1, 0.15) is 12.4 Å². The van der Waals surface area contributed by atoms with Crippen LogP contribution in [0.15, 0.2) is 24.3 Å². The maximum absolute atomic E-state index is 12.4. The molecular formula is C20H25F3N2O3. The Balaban J connectivity index is 1.43. The maximum Gasteiger partial charge on any atom is 0.573 e. The summed E-state index contributed by atoms with van der Waals surface area (Å²) in [5.74, 6) is -0.311. The van der Waals surface area contributed by atoms with E-state index in [-0.39, 0.29) is 23.2 Å². The number of anilines is 1. The molecule has 3 saturated heterocycles. The molecule has 4 rings (SSSR count). The topological polar surface area (TPSA) is 42.0 Å². The number of hydrogen-bond donors (Lipinski definition) is 0. The van der Waals surface area contributed by atoms with Crippen molar-refractivity contribution in [3.63, 3.8) is 0 Å². The Kier molecular flexibility index (Phi) is 5.16. The number of piperidine rings is 2. The lowest BCUT2D eigenvalue weighted by molar-refractivity contribution is -0.274. The van der Waals surface area contributed by atoms with Crippen molar-refractivity contribution in [2.45, 2.75) is 44.5 Å². The molecule has 0 saturated carbocycles. The number of hydrogen-bond acceptors (Lipinski definition) is 5. The van der Waals surface area contributed by atoms with Crippen molar-refractivity contribution in [3.05, 3.63) is 24.3 Å². The number of nitrogens with zero attached hydrogens (tertiary/aromatic N) is 2. The summed E-state index contributed by atoms with van der Waals surface area (Å²) in [5, 5.41) is 0. The minimum Gasteiger partial charge on any atom is -0.464 e. The fourth-order valence-electron chi connectivity index (χ4n) is 4.91. The van der Waals surface area contributed by atoms with Crippen molar-refractivity contribution < 1.29 is 27.4 Å². The van der Waals surface area contributed by atoms with E-state index >= 15 is 0 Å². The lowest BCUT2D eigenvalue weighted by Crippen LogP contribution is -2.54. The molecule has 5 nitrogen and oxygen atoms in total. The van der Waals surface area contributed by atoms with Crippen LogP contribution in [0.25, 0.3) is 0 Å². The Hall–Kier alpha value is -1.96. The molecule has 1 aromatic rings. The van der Waals surface area contributed by atoms with E-state index in [1.165, 1.54) is 12.1 Å². The maximum atomic E-state index is 12.4. The summed E-state index contributed by atoms with van der Waals surface area (Å²) in [7, 11) is 0. The SMILES string of the molecule is O=C1CC(N2CCCC3(CCCN(c4ccc(OC(F)(F)F)cc4)C3)C2)CO1. The predicted molar refractivity (Wildman–Crippen MR) is 97.2 cm³/mol. The molecule has 2 atom stereocenters. The Morgan fingerprint density at radius 3 is 2.43 bits per heavy atom. The average Bonchev–Trinajstić information content (AvgIpc) is 3.08. The molecule has 0 bridgehead atoms. The number of halogens is 3. The third-order valence-corrected chi connectivity index (χ3v) is 6.14. The highest BCUT2D eigenvalue weighted by Gasteiger charge is 2.42. The minimum absolute atomic E-state index is 0.115. The van der Waals surface area contributed by atoms with Gasteiger partial charge in [0.2, 0.25) is 0 Å².